The summed E-state index contributed by atoms with van der Waals surface area (Å²) in [6.45, 7) is 0.513. The lowest BCUT2D eigenvalue weighted by molar-refractivity contribution is -0.146. The van der Waals surface area contributed by atoms with Crippen LogP contribution < -0.4 is 0 Å². The van der Waals surface area contributed by atoms with E-state index in [4.69, 9.17) is 16.3 Å². The van der Waals surface area contributed by atoms with Crippen LogP contribution in [0, 0.1) is 5.92 Å². The normalized spacial score (nSPS) is 17.6. The van der Waals surface area contributed by atoms with Crippen molar-refractivity contribution in [2.75, 3.05) is 7.11 Å². The van der Waals surface area contributed by atoms with Crippen LogP contribution in [0.4, 0.5) is 0 Å². The van der Waals surface area contributed by atoms with E-state index < -0.39 is 0 Å². The van der Waals surface area contributed by atoms with Crippen LogP contribution in [0.1, 0.15) is 12.2 Å². The predicted molar refractivity (Wildman–Crippen MR) is 74.3 cm³/mol. The maximum absolute atomic E-state index is 11.6. The van der Waals surface area contributed by atoms with E-state index in [9.17, 15) is 4.79 Å². The smallest absolute Gasteiger partial charge is 0.310 e. The Balaban J connectivity index is 1.91. The quantitative estimate of drug-likeness (QED) is 0.797. The second-order valence-corrected chi connectivity index (χ2v) is 5.18. The molecule has 20 heavy (non-hydrogen) atoms. The Morgan fingerprint density at radius 1 is 1.45 bits per heavy atom. The molecule has 0 N–H and O–H groups in total. The SMILES string of the molecule is COC(=O)C1CCc2nc(-c3ccccc3Cl)nn2C1. The molecule has 6 heteroatoms. The summed E-state index contributed by atoms with van der Waals surface area (Å²) < 4.78 is 6.58. The maximum atomic E-state index is 11.6. The number of ether oxygens (including phenoxy) is 1. The zero-order valence-electron chi connectivity index (χ0n) is 11.0. The number of carbonyl (C=O) groups is 1. The Hall–Kier alpha value is -1.88. The fourth-order valence-electron chi connectivity index (χ4n) is 2.42. The number of nitrogens with zero attached hydrogens (tertiary/aromatic N) is 3. The molecule has 0 bridgehead atoms. The van der Waals surface area contributed by atoms with Crippen molar-refractivity contribution in [2.24, 2.45) is 5.92 Å². The predicted octanol–water partition coefficient (Wildman–Crippen LogP) is 2.33. The van der Waals surface area contributed by atoms with Gasteiger partial charge in [0.2, 0.25) is 0 Å². The third kappa shape index (κ3) is 2.29. The third-order valence-electron chi connectivity index (χ3n) is 3.51. The number of esters is 1. The van der Waals surface area contributed by atoms with Crippen LogP contribution in [0.2, 0.25) is 5.02 Å². The first kappa shape index (κ1) is 13.1. The number of carbonyl (C=O) groups excluding carboxylic acids is 1. The van der Waals surface area contributed by atoms with Gasteiger partial charge in [0.05, 0.1) is 24.6 Å². The molecule has 0 aliphatic carbocycles. The van der Waals surface area contributed by atoms with Gasteiger partial charge in [-0.05, 0) is 18.6 Å². The van der Waals surface area contributed by atoms with E-state index in [1.165, 1.54) is 7.11 Å². The van der Waals surface area contributed by atoms with E-state index in [1.54, 1.807) is 4.68 Å². The molecule has 0 saturated carbocycles. The summed E-state index contributed by atoms with van der Waals surface area (Å²) in [4.78, 5) is 16.1. The van der Waals surface area contributed by atoms with Crippen LogP contribution >= 0.6 is 11.6 Å². The van der Waals surface area contributed by atoms with Crippen LogP contribution in [-0.4, -0.2) is 27.8 Å². The van der Waals surface area contributed by atoms with Gasteiger partial charge in [0, 0.05) is 12.0 Å². The number of hydrogen-bond donors (Lipinski definition) is 0. The average Bonchev–Trinajstić information content (AvgIpc) is 2.89. The molecule has 5 nitrogen and oxygen atoms in total. The van der Waals surface area contributed by atoms with E-state index in [-0.39, 0.29) is 11.9 Å². The van der Waals surface area contributed by atoms with Crippen molar-refractivity contribution in [3.05, 3.63) is 35.1 Å². The molecule has 1 aromatic carbocycles. The zero-order chi connectivity index (χ0) is 14.1. The van der Waals surface area contributed by atoms with Crippen molar-refractivity contribution in [3.63, 3.8) is 0 Å². The monoisotopic (exact) mass is 291 g/mol. The lowest BCUT2D eigenvalue weighted by Crippen LogP contribution is -2.28. The third-order valence-corrected chi connectivity index (χ3v) is 3.84. The largest absolute Gasteiger partial charge is 0.469 e. The summed E-state index contributed by atoms with van der Waals surface area (Å²) in [6.07, 6.45) is 1.46. The standard InChI is InChI=1S/C14H14ClN3O2/c1-20-14(19)9-6-7-12-16-13(17-18(12)8-9)10-4-2-3-5-11(10)15/h2-5,9H,6-8H2,1H3. The molecule has 0 saturated heterocycles. The molecule has 1 aromatic heterocycles. The Labute approximate surface area is 121 Å². The molecular weight excluding hydrogens is 278 g/mol. The van der Waals surface area contributed by atoms with Gasteiger partial charge in [-0.25, -0.2) is 9.67 Å². The minimum absolute atomic E-state index is 0.145. The molecule has 1 unspecified atom stereocenters. The van der Waals surface area contributed by atoms with Crippen molar-refractivity contribution in [3.8, 4) is 11.4 Å². The van der Waals surface area contributed by atoms with E-state index in [0.717, 1.165) is 24.2 Å². The molecule has 104 valence electrons. The molecule has 0 spiro atoms. The molecule has 2 heterocycles. The summed E-state index contributed by atoms with van der Waals surface area (Å²) >= 11 is 6.16. The van der Waals surface area contributed by atoms with Crippen molar-refractivity contribution in [2.45, 2.75) is 19.4 Å². The minimum Gasteiger partial charge on any atom is -0.469 e. The van der Waals surface area contributed by atoms with Crippen LogP contribution in [-0.2, 0) is 22.5 Å². The van der Waals surface area contributed by atoms with Gasteiger partial charge in [-0.1, -0.05) is 23.7 Å². The average molecular weight is 292 g/mol. The number of fused-ring (bicyclic) bond motifs is 1. The van der Waals surface area contributed by atoms with E-state index in [0.29, 0.717) is 17.4 Å². The van der Waals surface area contributed by atoms with Crippen LogP contribution in [0.5, 0.6) is 0 Å². The van der Waals surface area contributed by atoms with Gasteiger partial charge in [-0.3, -0.25) is 4.79 Å². The summed E-state index contributed by atoms with van der Waals surface area (Å²) in [5, 5.41) is 5.09. The van der Waals surface area contributed by atoms with Gasteiger partial charge in [-0.15, -0.1) is 0 Å². The molecular formula is C14H14ClN3O2. The Bertz CT molecular complexity index is 654. The fourth-order valence-corrected chi connectivity index (χ4v) is 2.64. The summed E-state index contributed by atoms with van der Waals surface area (Å²) in [5.74, 6) is 1.16. The maximum Gasteiger partial charge on any atom is 0.310 e. The van der Waals surface area contributed by atoms with Gasteiger partial charge in [0.15, 0.2) is 5.82 Å². The van der Waals surface area contributed by atoms with E-state index in [2.05, 4.69) is 10.1 Å². The number of benzene rings is 1. The van der Waals surface area contributed by atoms with Crippen molar-refractivity contribution < 1.29 is 9.53 Å². The summed E-state index contributed by atoms with van der Waals surface area (Å²) in [7, 11) is 1.41. The number of aromatic nitrogens is 3. The highest BCUT2D eigenvalue weighted by Crippen LogP contribution is 2.27. The van der Waals surface area contributed by atoms with E-state index in [1.807, 2.05) is 24.3 Å². The Morgan fingerprint density at radius 3 is 3.00 bits per heavy atom. The number of halogens is 1. The molecule has 1 atom stereocenters. The van der Waals surface area contributed by atoms with E-state index >= 15 is 0 Å². The molecule has 0 radical (unpaired) electrons. The van der Waals surface area contributed by atoms with Crippen LogP contribution in [0.15, 0.2) is 24.3 Å². The molecule has 1 aliphatic rings. The molecule has 0 fully saturated rings. The first-order valence-corrected chi connectivity index (χ1v) is 6.83. The van der Waals surface area contributed by atoms with Gasteiger partial charge in [0.25, 0.3) is 0 Å². The molecule has 3 rings (SSSR count). The van der Waals surface area contributed by atoms with Crippen molar-refractivity contribution >= 4 is 17.6 Å². The first-order valence-electron chi connectivity index (χ1n) is 6.45. The number of rotatable bonds is 2. The second kappa shape index (κ2) is 5.25. The molecule has 0 amide bonds. The lowest BCUT2D eigenvalue weighted by atomic mass is 10.0. The summed E-state index contributed by atoms with van der Waals surface area (Å²) in [5.41, 5.74) is 0.811. The highest BCUT2D eigenvalue weighted by Gasteiger charge is 2.27. The van der Waals surface area contributed by atoms with Crippen LogP contribution in [0.25, 0.3) is 11.4 Å². The number of methoxy groups -OCH3 is 1. The minimum atomic E-state index is -0.189. The lowest BCUT2D eigenvalue weighted by Gasteiger charge is -2.19. The highest BCUT2D eigenvalue weighted by atomic mass is 35.5. The Morgan fingerprint density at radius 2 is 2.25 bits per heavy atom. The second-order valence-electron chi connectivity index (χ2n) is 4.77. The van der Waals surface area contributed by atoms with Crippen LogP contribution in [0.3, 0.4) is 0 Å². The van der Waals surface area contributed by atoms with Gasteiger partial charge in [-0.2, -0.15) is 5.10 Å². The fraction of sp³-hybridized carbons (Fsp3) is 0.357. The number of aryl methyl sites for hydroxylation is 1. The van der Waals surface area contributed by atoms with Gasteiger partial charge in [0.1, 0.15) is 5.82 Å². The first-order chi connectivity index (χ1) is 9.69. The van der Waals surface area contributed by atoms with Crippen molar-refractivity contribution in [1.29, 1.82) is 0 Å². The topological polar surface area (TPSA) is 57.0 Å². The Kier molecular flexibility index (Phi) is 3.44. The van der Waals surface area contributed by atoms with Crippen molar-refractivity contribution in [1.82, 2.24) is 14.8 Å². The number of hydrogen-bond acceptors (Lipinski definition) is 4. The van der Waals surface area contributed by atoms with Gasteiger partial charge < -0.3 is 4.74 Å². The highest BCUT2D eigenvalue weighted by molar-refractivity contribution is 6.33. The van der Waals surface area contributed by atoms with Gasteiger partial charge >= 0.3 is 5.97 Å². The molecule has 2 aromatic rings. The zero-order valence-corrected chi connectivity index (χ0v) is 11.8. The molecule has 1 aliphatic heterocycles. The summed E-state index contributed by atoms with van der Waals surface area (Å²) in [6, 6.07) is 7.48.